The van der Waals surface area contributed by atoms with Gasteiger partial charge in [0.1, 0.15) is 0 Å². The smallest absolute Gasteiger partial charge is 0.290 e. The van der Waals surface area contributed by atoms with Gasteiger partial charge in [-0.05, 0) is 24.6 Å². The average Bonchev–Trinajstić information content (AvgIpc) is 2.91. The molecule has 12 heteroatoms. The van der Waals surface area contributed by atoms with E-state index in [1.807, 2.05) is 0 Å². The highest BCUT2D eigenvalue weighted by atomic mass is 32.1. The Bertz CT molecular complexity index is 718. The van der Waals surface area contributed by atoms with E-state index in [-0.39, 0.29) is 0 Å². The molecule has 0 amide bonds. The number of thiazole rings is 1. The summed E-state index contributed by atoms with van der Waals surface area (Å²) in [5, 5.41) is 22.5. The zero-order valence-corrected chi connectivity index (χ0v) is 12.5. The van der Waals surface area contributed by atoms with Crippen LogP contribution in [-0.2, 0) is 6.54 Å². The molecule has 2 aliphatic heterocycles. The van der Waals surface area contributed by atoms with E-state index < -0.39 is 17.9 Å². The third-order valence-corrected chi connectivity index (χ3v) is 4.90. The van der Waals surface area contributed by atoms with Crippen molar-refractivity contribution in [2.75, 3.05) is 6.54 Å². The maximum Gasteiger partial charge on any atom is 0.439 e. The quantitative estimate of drug-likeness (QED) is 0.915. The molecule has 122 valence electrons. The lowest BCUT2D eigenvalue weighted by molar-refractivity contribution is -0.177. The lowest BCUT2D eigenvalue weighted by Gasteiger charge is -2.29. The van der Waals surface area contributed by atoms with Crippen LogP contribution in [0, 0.1) is 0 Å². The number of aromatic nitrogens is 5. The van der Waals surface area contributed by atoms with Crippen LogP contribution < -0.4 is 0 Å². The Morgan fingerprint density at radius 2 is 2.22 bits per heavy atom. The van der Waals surface area contributed by atoms with Crippen LogP contribution in [-0.4, -0.2) is 54.9 Å². The number of alkyl halides is 3. The fourth-order valence-electron chi connectivity index (χ4n) is 2.90. The van der Waals surface area contributed by atoms with Crippen LogP contribution in [0.5, 0.6) is 0 Å². The Hall–Kier alpha value is -1.95. The highest BCUT2D eigenvalue weighted by Gasteiger charge is 2.69. The highest BCUT2D eigenvalue weighted by Crippen LogP contribution is 2.51. The normalized spacial score (nSPS) is 23.5. The zero-order valence-electron chi connectivity index (χ0n) is 11.7. The number of hydrogen-bond acceptors (Lipinski definition) is 8. The minimum absolute atomic E-state index is 0.321. The SMILES string of the molecule is FC(F)(F)C1(C2CCCN2Cc2csc(-c3nn[nH]n3)n2)N=N1. The van der Waals surface area contributed by atoms with Gasteiger partial charge in [-0.25, -0.2) is 4.98 Å². The van der Waals surface area contributed by atoms with E-state index >= 15 is 0 Å². The molecule has 2 aromatic rings. The summed E-state index contributed by atoms with van der Waals surface area (Å²) in [5.74, 6) is 0.373. The largest absolute Gasteiger partial charge is 0.439 e. The lowest BCUT2D eigenvalue weighted by atomic mass is 10.0. The Labute approximate surface area is 131 Å². The predicted molar refractivity (Wildman–Crippen MR) is 72.4 cm³/mol. The Morgan fingerprint density at radius 3 is 2.87 bits per heavy atom. The maximum absolute atomic E-state index is 13.2. The number of likely N-dealkylation sites (tertiary alicyclic amines) is 1. The van der Waals surface area contributed by atoms with Gasteiger partial charge in [0.15, 0.2) is 5.01 Å². The van der Waals surface area contributed by atoms with Crippen molar-refractivity contribution in [2.45, 2.75) is 37.3 Å². The van der Waals surface area contributed by atoms with Gasteiger partial charge in [0.25, 0.3) is 5.66 Å². The first kappa shape index (κ1) is 14.6. The molecule has 8 nitrogen and oxygen atoms in total. The molecule has 4 heterocycles. The third kappa shape index (κ3) is 2.41. The second-order valence-corrected chi connectivity index (χ2v) is 6.29. The molecule has 1 unspecified atom stereocenters. The van der Waals surface area contributed by atoms with Gasteiger partial charge in [-0.1, -0.05) is 0 Å². The summed E-state index contributed by atoms with van der Waals surface area (Å²) < 4.78 is 39.6. The molecule has 0 saturated carbocycles. The Morgan fingerprint density at radius 1 is 1.39 bits per heavy atom. The molecule has 0 aromatic carbocycles. The van der Waals surface area contributed by atoms with Crippen LogP contribution in [0.1, 0.15) is 18.5 Å². The summed E-state index contributed by atoms with van der Waals surface area (Å²) in [6.07, 6.45) is -3.33. The van der Waals surface area contributed by atoms with E-state index in [4.69, 9.17) is 0 Å². The zero-order chi connectivity index (χ0) is 16.1. The number of tetrazole rings is 1. The summed E-state index contributed by atoms with van der Waals surface area (Å²) >= 11 is 1.33. The minimum atomic E-state index is -4.45. The van der Waals surface area contributed by atoms with Crippen molar-refractivity contribution < 1.29 is 13.2 Å². The van der Waals surface area contributed by atoms with Crippen LogP contribution in [0.15, 0.2) is 15.6 Å². The summed E-state index contributed by atoms with van der Waals surface area (Å²) in [5.41, 5.74) is -1.56. The fourth-order valence-corrected chi connectivity index (χ4v) is 3.64. The molecule has 0 radical (unpaired) electrons. The molecule has 1 saturated heterocycles. The van der Waals surface area contributed by atoms with Crippen molar-refractivity contribution in [1.29, 1.82) is 0 Å². The van der Waals surface area contributed by atoms with Gasteiger partial charge in [0, 0.05) is 11.9 Å². The summed E-state index contributed by atoms with van der Waals surface area (Å²) in [4.78, 5) is 6.12. The Balaban J connectivity index is 1.50. The average molecular weight is 344 g/mol. The number of nitrogens with one attached hydrogen (secondary N) is 1. The second-order valence-electron chi connectivity index (χ2n) is 5.43. The topological polar surface area (TPSA) is 95.3 Å². The number of H-pyrrole nitrogens is 1. The van der Waals surface area contributed by atoms with Gasteiger partial charge in [-0.3, -0.25) is 4.90 Å². The molecule has 1 N–H and O–H groups in total. The fraction of sp³-hybridized carbons (Fsp3) is 0.636. The molecule has 23 heavy (non-hydrogen) atoms. The molecule has 2 aromatic heterocycles. The van der Waals surface area contributed by atoms with Crippen molar-refractivity contribution >= 4 is 11.3 Å². The molecule has 1 fully saturated rings. The van der Waals surface area contributed by atoms with Gasteiger partial charge < -0.3 is 0 Å². The molecule has 4 rings (SSSR count). The van der Waals surface area contributed by atoms with Crippen molar-refractivity contribution in [2.24, 2.45) is 10.2 Å². The second kappa shape index (κ2) is 5.03. The number of aromatic amines is 1. The van der Waals surface area contributed by atoms with Crippen molar-refractivity contribution in [3.63, 3.8) is 0 Å². The number of nitrogens with zero attached hydrogens (tertiary/aromatic N) is 7. The van der Waals surface area contributed by atoms with Crippen molar-refractivity contribution in [1.82, 2.24) is 30.5 Å². The van der Waals surface area contributed by atoms with E-state index in [0.717, 1.165) is 0 Å². The van der Waals surface area contributed by atoms with Crippen LogP contribution in [0.4, 0.5) is 13.2 Å². The monoisotopic (exact) mass is 344 g/mol. The Kier molecular flexibility index (Phi) is 3.20. The van der Waals surface area contributed by atoms with Gasteiger partial charge in [-0.2, -0.15) is 18.4 Å². The first-order valence-corrected chi connectivity index (χ1v) is 7.81. The van der Waals surface area contributed by atoms with Gasteiger partial charge in [-0.15, -0.1) is 31.8 Å². The summed E-state index contributed by atoms with van der Waals surface area (Å²) in [6.45, 7) is 0.893. The van der Waals surface area contributed by atoms with Gasteiger partial charge >= 0.3 is 6.18 Å². The van der Waals surface area contributed by atoms with Crippen LogP contribution in [0.3, 0.4) is 0 Å². The maximum atomic E-state index is 13.2. The standard InChI is InChI=1S/C11H11F3N8S/c12-11(13,14)10(18-19-10)7-2-1-3-22(7)4-6-5-23-9(15-6)8-16-20-21-17-8/h5,7H,1-4H2,(H,16,17,20,21). The number of halogens is 3. The van der Waals surface area contributed by atoms with Gasteiger partial charge in [0.05, 0.1) is 11.7 Å². The summed E-state index contributed by atoms with van der Waals surface area (Å²) in [6, 6.07) is -0.752. The highest BCUT2D eigenvalue weighted by molar-refractivity contribution is 7.13. The first-order valence-electron chi connectivity index (χ1n) is 6.93. The van der Waals surface area contributed by atoms with Crippen LogP contribution in [0.25, 0.3) is 10.8 Å². The van der Waals surface area contributed by atoms with E-state index in [2.05, 4.69) is 35.8 Å². The molecular weight excluding hydrogens is 333 g/mol. The summed E-state index contributed by atoms with van der Waals surface area (Å²) in [7, 11) is 0. The van der Waals surface area contributed by atoms with E-state index in [9.17, 15) is 13.2 Å². The molecule has 2 aliphatic rings. The van der Waals surface area contributed by atoms with Crippen LogP contribution in [0.2, 0.25) is 0 Å². The molecule has 0 aliphatic carbocycles. The van der Waals surface area contributed by atoms with E-state index in [1.165, 1.54) is 11.3 Å². The van der Waals surface area contributed by atoms with Crippen molar-refractivity contribution in [3.8, 4) is 10.8 Å². The minimum Gasteiger partial charge on any atom is -0.290 e. The number of rotatable bonds is 4. The molecule has 0 bridgehead atoms. The molecule has 0 spiro atoms. The lowest BCUT2D eigenvalue weighted by Crippen LogP contribution is -2.50. The molecule has 1 atom stereocenters. The van der Waals surface area contributed by atoms with Gasteiger partial charge in [0.2, 0.25) is 5.82 Å². The first-order chi connectivity index (χ1) is 11.0. The third-order valence-electron chi connectivity index (χ3n) is 4.01. The number of hydrogen-bond donors (Lipinski definition) is 1. The van der Waals surface area contributed by atoms with E-state index in [1.54, 1.807) is 10.3 Å². The van der Waals surface area contributed by atoms with Crippen molar-refractivity contribution in [3.05, 3.63) is 11.1 Å². The van der Waals surface area contributed by atoms with E-state index in [0.29, 0.717) is 42.5 Å². The van der Waals surface area contributed by atoms with Crippen LogP contribution >= 0.6 is 11.3 Å². The molecular formula is C11H11F3N8S. The predicted octanol–water partition coefficient (Wildman–Crippen LogP) is 2.01.